The largest absolute Gasteiger partial charge is 0.288 e. The molecule has 5 nitrogen and oxygen atoms in total. The first kappa shape index (κ1) is 13.7. The summed E-state index contributed by atoms with van der Waals surface area (Å²) < 4.78 is 1.48. The van der Waals surface area contributed by atoms with E-state index in [9.17, 15) is 5.26 Å². The molecule has 0 bridgehead atoms. The monoisotopic (exact) mass is 279 g/mol. The third-order valence-corrected chi connectivity index (χ3v) is 3.59. The van der Waals surface area contributed by atoms with Gasteiger partial charge in [-0.15, -0.1) is 11.8 Å². The number of rotatable bonds is 3. The summed E-state index contributed by atoms with van der Waals surface area (Å²) in [7, 11) is 0. The molecule has 0 radical (unpaired) electrons. The number of benzene rings is 1. The number of imidazole rings is 1. The number of aromatic nitrogens is 2. The second kappa shape index (κ2) is 5.93. The minimum absolute atomic E-state index is 0.0601. The Morgan fingerprint density at radius 3 is 2.60 bits per heavy atom. The van der Waals surface area contributed by atoms with E-state index in [-0.39, 0.29) is 11.4 Å². The first-order chi connectivity index (χ1) is 9.76. The summed E-state index contributed by atoms with van der Waals surface area (Å²) in [5.41, 5.74) is 1.25. The summed E-state index contributed by atoms with van der Waals surface area (Å²) >= 11 is 1.56. The fraction of sp³-hybridized carbons (Fsp3) is 0.143. The summed E-state index contributed by atoms with van der Waals surface area (Å²) in [6.45, 7) is 2.00. The normalized spacial score (nSPS) is 9.50. The molecule has 0 amide bonds. The van der Waals surface area contributed by atoms with Crippen molar-refractivity contribution in [3.63, 3.8) is 0 Å². The van der Waals surface area contributed by atoms with Gasteiger partial charge in [-0.2, -0.15) is 15.8 Å². The van der Waals surface area contributed by atoms with Crippen LogP contribution in [0.25, 0.3) is 5.69 Å². The van der Waals surface area contributed by atoms with E-state index in [1.54, 1.807) is 17.8 Å². The summed E-state index contributed by atoms with van der Waals surface area (Å²) in [5, 5.41) is 27.5. The lowest BCUT2D eigenvalue weighted by molar-refractivity contribution is 1.02. The van der Waals surface area contributed by atoms with Gasteiger partial charge < -0.3 is 0 Å². The first-order valence-electron chi connectivity index (χ1n) is 5.80. The zero-order valence-corrected chi connectivity index (χ0v) is 11.5. The van der Waals surface area contributed by atoms with E-state index in [1.165, 1.54) is 10.9 Å². The highest BCUT2D eigenvalue weighted by molar-refractivity contribution is 7.99. The van der Waals surface area contributed by atoms with Crippen molar-refractivity contribution in [1.82, 2.24) is 9.55 Å². The summed E-state index contributed by atoms with van der Waals surface area (Å²) in [5.74, 6) is 0.844. The molecule has 0 saturated heterocycles. The highest BCUT2D eigenvalue weighted by Gasteiger charge is 2.16. The standard InChI is InChI=1S/C14H9N5S/c1-2-20-14-5-3-4-12(10(14)6-15)19-9-18-11(7-16)13(19)8-17/h3-5,9H,2H2,1H3. The third kappa shape index (κ3) is 2.23. The van der Waals surface area contributed by atoms with Gasteiger partial charge in [-0.3, -0.25) is 4.57 Å². The Bertz CT molecular complexity index is 770. The number of thioether (sulfide) groups is 1. The average Bonchev–Trinajstić information content (AvgIpc) is 2.90. The van der Waals surface area contributed by atoms with E-state index < -0.39 is 0 Å². The summed E-state index contributed by atoms with van der Waals surface area (Å²) in [6.07, 6.45) is 1.40. The van der Waals surface area contributed by atoms with Gasteiger partial charge in [0.15, 0.2) is 11.4 Å². The molecule has 0 saturated carbocycles. The fourth-order valence-corrected chi connectivity index (χ4v) is 2.61. The molecule has 20 heavy (non-hydrogen) atoms. The Kier molecular flexibility index (Phi) is 4.05. The number of nitrogens with zero attached hydrogens (tertiary/aromatic N) is 5. The Morgan fingerprint density at radius 2 is 2.00 bits per heavy atom. The molecule has 0 unspecified atom stereocenters. The van der Waals surface area contributed by atoms with Gasteiger partial charge in [-0.25, -0.2) is 4.98 Å². The van der Waals surface area contributed by atoms with Crippen LogP contribution in [0.3, 0.4) is 0 Å². The van der Waals surface area contributed by atoms with Crippen molar-refractivity contribution >= 4 is 11.8 Å². The van der Waals surface area contributed by atoms with Gasteiger partial charge >= 0.3 is 0 Å². The highest BCUT2D eigenvalue weighted by Crippen LogP contribution is 2.28. The second-order valence-corrected chi connectivity index (χ2v) is 5.04. The molecule has 1 aromatic heterocycles. The van der Waals surface area contributed by atoms with Gasteiger partial charge in [0.1, 0.15) is 24.5 Å². The predicted octanol–water partition coefficient (Wildman–Crippen LogP) is 2.60. The van der Waals surface area contributed by atoms with Crippen molar-refractivity contribution in [2.45, 2.75) is 11.8 Å². The Balaban J connectivity index is 2.69. The molecule has 0 aliphatic rings. The van der Waals surface area contributed by atoms with E-state index in [1.807, 2.05) is 31.2 Å². The van der Waals surface area contributed by atoms with Gasteiger partial charge in [0, 0.05) is 4.90 Å². The summed E-state index contributed by atoms with van der Waals surface area (Å²) in [4.78, 5) is 4.75. The van der Waals surface area contributed by atoms with Crippen LogP contribution in [0.5, 0.6) is 0 Å². The molecule has 2 aromatic rings. The molecular formula is C14H9N5S. The maximum absolute atomic E-state index is 9.37. The third-order valence-electron chi connectivity index (χ3n) is 2.65. The van der Waals surface area contributed by atoms with Gasteiger partial charge in [0.2, 0.25) is 0 Å². The van der Waals surface area contributed by atoms with Crippen LogP contribution in [-0.4, -0.2) is 15.3 Å². The Hall–Kier alpha value is -2.75. The zero-order chi connectivity index (χ0) is 14.5. The molecule has 0 aliphatic heterocycles. The lowest BCUT2D eigenvalue weighted by Crippen LogP contribution is -2.01. The molecule has 0 aliphatic carbocycles. The van der Waals surface area contributed by atoms with Crippen molar-refractivity contribution in [1.29, 1.82) is 15.8 Å². The van der Waals surface area contributed by atoms with Crippen LogP contribution in [-0.2, 0) is 0 Å². The van der Waals surface area contributed by atoms with Crippen molar-refractivity contribution < 1.29 is 0 Å². The first-order valence-corrected chi connectivity index (χ1v) is 6.79. The van der Waals surface area contributed by atoms with Crippen molar-refractivity contribution in [2.24, 2.45) is 0 Å². The number of hydrogen-bond donors (Lipinski definition) is 0. The number of hydrogen-bond acceptors (Lipinski definition) is 5. The lowest BCUT2D eigenvalue weighted by Gasteiger charge is -2.09. The minimum atomic E-state index is 0.0601. The minimum Gasteiger partial charge on any atom is -0.288 e. The van der Waals surface area contributed by atoms with E-state index in [0.717, 1.165) is 10.6 Å². The Labute approximate surface area is 120 Å². The topological polar surface area (TPSA) is 89.2 Å². The predicted molar refractivity (Wildman–Crippen MR) is 74.1 cm³/mol. The maximum Gasteiger partial charge on any atom is 0.177 e. The van der Waals surface area contributed by atoms with Crippen molar-refractivity contribution in [3.05, 3.63) is 41.5 Å². The molecule has 0 spiro atoms. The zero-order valence-electron chi connectivity index (χ0n) is 10.7. The highest BCUT2D eigenvalue weighted by atomic mass is 32.2. The fourth-order valence-electron chi connectivity index (χ4n) is 1.83. The van der Waals surface area contributed by atoms with E-state index in [0.29, 0.717) is 11.3 Å². The molecule has 1 aromatic carbocycles. The molecule has 96 valence electrons. The van der Waals surface area contributed by atoms with E-state index >= 15 is 0 Å². The van der Waals surface area contributed by atoms with Crippen LogP contribution in [0.1, 0.15) is 23.9 Å². The molecular weight excluding hydrogens is 270 g/mol. The van der Waals surface area contributed by atoms with E-state index in [4.69, 9.17) is 10.5 Å². The average molecular weight is 279 g/mol. The molecule has 2 rings (SSSR count). The van der Waals surface area contributed by atoms with Crippen LogP contribution in [0.2, 0.25) is 0 Å². The van der Waals surface area contributed by atoms with Crippen LogP contribution < -0.4 is 0 Å². The van der Waals surface area contributed by atoms with E-state index in [2.05, 4.69) is 11.1 Å². The van der Waals surface area contributed by atoms with Crippen LogP contribution in [0.15, 0.2) is 29.4 Å². The van der Waals surface area contributed by atoms with Crippen LogP contribution in [0.4, 0.5) is 0 Å². The molecule has 0 atom stereocenters. The second-order valence-electron chi connectivity index (χ2n) is 3.73. The van der Waals surface area contributed by atoms with Crippen LogP contribution in [0, 0.1) is 34.0 Å². The quantitative estimate of drug-likeness (QED) is 0.805. The smallest absolute Gasteiger partial charge is 0.177 e. The van der Waals surface area contributed by atoms with Gasteiger partial charge in [0.25, 0.3) is 0 Å². The van der Waals surface area contributed by atoms with Gasteiger partial charge in [0.05, 0.1) is 11.3 Å². The van der Waals surface area contributed by atoms with Gasteiger partial charge in [-0.1, -0.05) is 13.0 Å². The van der Waals surface area contributed by atoms with Crippen molar-refractivity contribution in [3.8, 4) is 23.9 Å². The Morgan fingerprint density at radius 1 is 1.20 bits per heavy atom. The lowest BCUT2D eigenvalue weighted by atomic mass is 10.2. The molecule has 6 heteroatoms. The number of nitriles is 3. The summed E-state index contributed by atoms with van der Waals surface area (Å²) in [6, 6.07) is 11.4. The maximum atomic E-state index is 9.37. The molecule has 1 heterocycles. The molecule has 0 fully saturated rings. The molecule has 0 N–H and O–H groups in total. The van der Waals surface area contributed by atoms with Crippen molar-refractivity contribution in [2.75, 3.05) is 5.75 Å². The van der Waals surface area contributed by atoms with Crippen LogP contribution >= 0.6 is 11.8 Å². The van der Waals surface area contributed by atoms with Gasteiger partial charge in [-0.05, 0) is 17.9 Å². The SMILES string of the molecule is CCSc1cccc(-n2cnc(C#N)c2C#N)c1C#N.